The predicted octanol–water partition coefficient (Wildman–Crippen LogP) is 2.21. The van der Waals surface area contributed by atoms with Crippen LogP contribution in [-0.2, 0) is 4.79 Å². The Morgan fingerprint density at radius 1 is 1.48 bits per heavy atom. The molecule has 4 nitrogen and oxygen atoms in total. The van der Waals surface area contributed by atoms with E-state index in [4.69, 9.17) is 5.73 Å². The van der Waals surface area contributed by atoms with Gasteiger partial charge in [0, 0.05) is 25.3 Å². The summed E-state index contributed by atoms with van der Waals surface area (Å²) in [5, 5.41) is 3.40. The van der Waals surface area contributed by atoms with Crippen molar-refractivity contribution in [1.82, 2.24) is 5.32 Å². The van der Waals surface area contributed by atoms with Gasteiger partial charge in [-0.1, -0.05) is 12.1 Å². The number of amides is 1. The average Bonchev–Trinajstić information content (AvgIpc) is 3.22. The molecule has 0 radical (unpaired) electrons. The summed E-state index contributed by atoms with van der Waals surface area (Å²) < 4.78 is 0. The number of hydrogen-bond donors (Lipinski definition) is 2. The van der Waals surface area contributed by atoms with Gasteiger partial charge in [-0.25, -0.2) is 0 Å². The highest BCUT2D eigenvalue weighted by molar-refractivity contribution is 5.84. The number of aryl methyl sites for hydroxylation is 1. The molecule has 1 atom stereocenters. The molecular weight excluding hydrogens is 262 g/mol. The third kappa shape index (κ3) is 4.46. The van der Waals surface area contributed by atoms with Crippen LogP contribution in [0.1, 0.15) is 38.2 Å². The molecule has 0 heterocycles. The van der Waals surface area contributed by atoms with Gasteiger partial charge in [-0.05, 0) is 57.2 Å². The molecule has 0 spiro atoms. The molecule has 21 heavy (non-hydrogen) atoms. The topological polar surface area (TPSA) is 58.4 Å². The number of nitrogens with zero attached hydrogens (tertiary/aromatic N) is 1. The second-order valence-corrected chi connectivity index (χ2v) is 6.48. The molecule has 1 amide bonds. The van der Waals surface area contributed by atoms with Crippen molar-refractivity contribution in [2.75, 3.05) is 18.5 Å². The SMILES string of the molecule is Cc1cccc(N(C)CCCC(C)(NC2CC2)C(N)=O)c1. The summed E-state index contributed by atoms with van der Waals surface area (Å²) in [4.78, 5) is 13.9. The van der Waals surface area contributed by atoms with Gasteiger partial charge in [0.2, 0.25) is 5.91 Å². The monoisotopic (exact) mass is 289 g/mol. The smallest absolute Gasteiger partial charge is 0.237 e. The molecule has 1 aliphatic rings. The van der Waals surface area contributed by atoms with Crippen molar-refractivity contribution < 1.29 is 4.79 Å². The maximum atomic E-state index is 11.7. The van der Waals surface area contributed by atoms with E-state index in [1.807, 2.05) is 6.92 Å². The Labute approximate surface area is 127 Å². The van der Waals surface area contributed by atoms with Gasteiger partial charge in [-0.3, -0.25) is 4.79 Å². The second-order valence-electron chi connectivity index (χ2n) is 6.48. The van der Waals surface area contributed by atoms with E-state index >= 15 is 0 Å². The fourth-order valence-corrected chi connectivity index (χ4v) is 2.61. The lowest BCUT2D eigenvalue weighted by atomic mass is 9.94. The standard InChI is InChI=1S/C17H27N3O/c1-13-6-4-7-15(12-13)20(3)11-5-10-17(2,16(18)21)19-14-8-9-14/h4,6-7,12,14,19H,5,8-11H2,1-3H3,(H2,18,21). The van der Waals surface area contributed by atoms with Gasteiger partial charge >= 0.3 is 0 Å². The zero-order valence-electron chi connectivity index (χ0n) is 13.4. The molecule has 1 saturated carbocycles. The number of carbonyl (C=O) groups excluding carboxylic acids is 1. The second kappa shape index (κ2) is 6.48. The summed E-state index contributed by atoms with van der Waals surface area (Å²) in [5.41, 5.74) is 7.48. The zero-order valence-corrected chi connectivity index (χ0v) is 13.4. The van der Waals surface area contributed by atoms with Crippen molar-refractivity contribution in [1.29, 1.82) is 0 Å². The van der Waals surface area contributed by atoms with Crippen LogP contribution in [0.2, 0.25) is 0 Å². The molecule has 0 bridgehead atoms. The molecule has 2 rings (SSSR count). The van der Waals surface area contributed by atoms with E-state index in [1.165, 1.54) is 11.3 Å². The molecule has 116 valence electrons. The molecule has 1 aromatic carbocycles. The maximum Gasteiger partial charge on any atom is 0.237 e. The Morgan fingerprint density at radius 3 is 2.76 bits per heavy atom. The molecule has 1 unspecified atom stereocenters. The first-order valence-corrected chi connectivity index (χ1v) is 7.76. The van der Waals surface area contributed by atoms with Crippen molar-refractivity contribution in [3.8, 4) is 0 Å². The lowest BCUT2D eigenvalue weighted by molar-refractivity contribution is -0.124. The maximum absolute atomic E-state index is 11.7. The van der Waals surface area contributed by atoms with Gasteiger partial charge in [-0.15, -0.1) is 0 Å². The van der Waals surface area contributed by atoms with E-state index in [-0.39, 0.29) is 5.91 Å². The van der Waals surface area contributed by atoms with Gasteiger partial charge in [0.05, 0.1) is 5.54 Å². The van der Waals surface area contributed by atoms with Gasteiger partial charge in [0.1, 0.15) is 0 Å². The number of hydrogen-bond acceptors (Lipinski definition) is 3. The minimum Gasteiger partial charge on any atom is -0.375 e. The Kier molecular flexibility index (Phi) is 4.88. The van der Waals surface area contributed by atoms with Crippen LogP contribution in [0.25, 0.3) is 0 Å². The zero-order chi connectivity index (χ0) is 15.5. The molecule has 1 aliphatic carbocycles. The van der Waals surface area contributed by atoms with E-state index in [0.717, 1.165) is 32.2 Å². The molecule has 0 saturated heterocycles. The summed E-state index contributed by atoms with van der Waals surface area (Å²) in [5.74, 6) is -0.243. The normalized spacial score (nSPS) is 17.3. The first kappa shape index (κ1) is 15.8. The molecule has 1 fully saturated rings. The van der Waals surface area contributed by atoms with E-state index < -0.39 is 5.54 Å². The Bertz CT molecular complexity index is 499. The Morgan fingerprint density at radius 2 is 2.19 bits per heavy atom. The average molecular weight is 289 g/mol. The first-order valence-electron chi connectivity index (χ1n) is 7.76. The molecule has 4 heteroatoms. The predicted molar refractivity (Wildman–Crippen MR) is 87.4 cm³/mol. The van der Waals surface area contributed by atoms with Gasteiger partial charge in [-0.2, -0.15) is 0 Å². The molecule has 3 N–H and O–H groups in total. The van der Waals surface area contributed by atoms with Crippen LogP contribution in [0.4, 0.5) is 5.69 Å². The van der Waals surface area contributed by atoms with Crippen LogP contribution in [0, 0.1) is 6.92 Å². The summed E-state index contributed by atoms with van der Waals surface area (Å²) in [6.45, 7) is 4.94. The van der Waals surface area contributed by atoms with Crippen molar-refractivity contribution in [3.63, 3.8) is 0 Å². The number of rotatable bonds is 8. The molecule has 1 aromatic rings. The van der Waals surface area contributed by atoms with E-state index in [0.29, 0.717) is 6.04 Å². The van der Waals surface area contributed by atoms with Crippen molar-refractivity contribution in [3.05, 3.63) is 29.8 Å². The van der Waals surface area contributed by atoms with E-state index in [2.05, 4.69) is 48.5 Å². The fourth-order valence-electron chi connectivity index (χ4n) is 2.61. The molecule has 0 aromatic heterocycles. The van der Waals surface area contributed by atoms with Crippen molar-refractivity contribution in [2.45, 2.75) is 51.1 Å². The number of anilines is 1. The van der Waals surface area contributed by atoms with E-state index in [1.54, 1.807) is 0 Å². The number of carbonyl (C=O) groups is 1. The van der Waals surface area contributed by atoms with Crippen LogP contribution in [0.3, 0.4) is 0 Å². The number of primary amides is 1. The van der Waals surface area contributed by atoms with Crippen LogP contribution in [0.5, 0.6) is 0 Å². The van der Waals surface area contributed by atoms with E-state index in [9.17, 15) is 4.79 Å². The summed E-state index contributed by atoms with van der Waals surface area (Å²) in [6, 6.07) is 8.94. The first-order chi connectivity index (χ1) is 9.90. The Balaban J connectivity index is 1.85. The van der Waals surface area contributed by atoms with Crippen molar-refractivity contribution >= 4 is 11.6 Å². The third-order valence-electron chi connectivity index (χ3n) is 4.26. The van der Waals surface area contributed by atoms with Crippen LogP contribution < -0.4 is 16.0 Å². The fraction of sp³-hybridized carbons (Fsp3) is 0.588. The highest BCUT2D eigenvalue weighted by Gasteiger charge is 2.36. The largest absolute Gasteiger partial charge is 0.375 e. The Hall–Kier alpha value is -1.55. The lowest BCUT2D eigenvalue weighted by Crippen LogP contribution is -2.54. The third-order valence-corrected chi connectivity index (χ3v) is 4.26. The number of nitrogens with two attached hydrogens (primary N) is 1. The number of benzene rings is 1. The van der Waals surface area contributed by atoms with Crippen LogP contribution in [-0.4, -0.2) is 31.1 Å². The van der Waals surface area contributed by atoms with Crippen LogP contribution in [0.15, 0.2) is 24.3 Å². The highest BCUT2D eigenvalue weighted by atomic mass is 16.1. The summed E-state index contributed by atoms with van der Waals surface area (Å²) in [7, 11) is 2.09. The quantitative estimate of drug-likeness (QED) is 0.771. The summed E-state index contributed by atoms with van der Waals surface area (Å²) in [6.07, 6.45) is 4.02. The molecule has 0 aliphatic heterocycles. The number of nitrogens with one attached hydrogen (secondary N) is 1. The van der Waals surface area contributed by atoms with Crippen molar-refractivity contribution in [2.24, 2.45) is 5.73 Å². The van der Waals surface area contributed by atoms with Gasteiger partial charge < -0.3 is 16.0 Å². The minimum atomic E-state index is -0.575. The van der Waals surface area contributed by atoms with Gasteiger partial charge in [0.15, 0.2) is 0 Å². The minimum absolute atomic E-state index is 0.243. The van der Waals surface area contributed by atoms with Crippen LogP contribution >= 0.6 is 0 Å². The lowest BCUT2D eigenvalue weighted by Gasteiger charge is -2.29. The molecular formula is C17H27N3O. The summed E-state index contributed by atoms with van der Waals surface area (Å²) >= 11 is 0. The van der Waals surface area contributed by atoms with Gasteiger partial charge in [0.25, 0.3) is 0 Å². The highest BCUT2D eigenvalue weighted by Crippen LogP contribution is 2.25.